The molecule has 1 unspecified atom stereocenters. The fourth-order valence-corrected chi connectivity index (χ4v) is 4.62. The van der Waals surface area contributed by atoms with E-state index in [0.717, 1.165) is 42.0 Å². The number of nitrogens with two attached hydrogens (primary N) is 1. The van der Waals surface area contributed by atoms with Crippen LogP contribution in [0.15, 0.2) is 23.4 Å². The lowest BCUT2D eigenvalue weighted by molar-refractivity contribution is -0.121. The first-order valence-electron chi connectivity index (χ1n) is 11.9. The Hall–Kier alpha value is -2.92. The van der Waals surface area contributed by atoms with Crippen LogP contribution in [0.2, 0.25) is 5.02 Å². The number of imide groups is 1. The van der Waals surface area contributed by atoms with Crippen LogP contribution in [0.25, 0.3) is 0 Å². The summed E-state index contributed by atoms with van der Waals surface area (Å²) in [6.07, 6.45) is 4.20. The number of hydrazine groups is 1. The summed E-state index contributed by atoms with van der Waals surface area (Å²) in [5.41, 5.74) is 0.544. The highest BCUT2D eigenvalue weighted by Crippen LogP contribution is 2.31. The molecule has 3 N–H and O–H groups in total. The third-order valence-electron chi connectivity index (χ3n) is 6.23. The van der Waals surface area contributed by atoms with Crippen molar-refractivity contribution < 1.29 is 19.1 Å². The van der Waals surface area contributed by atoms with Gasteiger partial charge in [0.2, 0.25) is 0 Å². The minimum atomic E-state index is -0.976. The van der Waals surface area contributed by atoms with Gasteiger partial charge in [-0.3, -0.25) is 9.69 Å². The molecule has 0 bridgehead atoms. The van der Waals surface area contributed by atoms with Gasteiger partial charge in [-0.25, -0.2) is 25.3 Å². The second kappa shape index (κ2) is 11.7. The number of hydrogen-bond donors (Lipinski definition) is 2. The lowest BCUT2D eigenvalue weighted by Crippen LogP contribution is -2.71. The Morgan fingerprint density at radius 3 is 2.49 bits per heavy atom. The number of urea groups is 2. The third-order valence-corrected chi connectivity index (χ3v) is 6.52. The SMILES string of the molecule is CC(C)Oc1ccc(NC2N(N)C(=O)N(C[C@H](C)C(=O)N=O)C(=O)N2CC2CCCCC2)cc1Cl. The fraction of sp³-hybridized carbons (Fsp3) is 0.609. The first kappa shape index (κ1) is 26.7. The van der Waals surface area contributed by atoms with E-state index in [9.17, 15) is 19.3 Å². The van der Waals surface area contributed by atoms with Crippen LogP contribution in [0, 0.1) is 16.7 Å². The topological polar surface area (TPSA) is 138 Å². The maximum Gasteiger partial charge on any atom is 0.345 e. The molecule has 0 aromatic heterocycles. The van der Waals surface area contributed by atoms with Crippen LogP contribution in [0.4, 0.5) is 15.3 Å². The van der Waals surface area contributed by atoms with E-state index in [1.165, 1.54) is 11.8 Å². The van der Waals surface area contributed by atoms with Crippen LogP contribution in [0.1, 0.15) is 52.9 Å². The van der Waals surface area contributed by atoms with Gasteiger partial charge in [0.05, 0.1) is 17.0 Å². The first-order valence-corrected chi connectivity index (χ1v) is 12.3. The van der Waals surface area contributed by atoms with Crippen molar-refractivity contribution in [2.75, 3.05) is 18.4 Å². The molecule has 2 aliphatic rings. The largest absolute Gasteiger partial charge is 0.489 e. The van der Waals surface area contributed by atoms with Gasteiger partial charge in [-0.15, -0.1) is 4.91 Å². The van der Waals surface area contributed by atoms with Gasteiger partial charge in [-0.1, -0.05) is 37.8 Å². The van der Waals surface area contributed by atoms with Crippen LogP contribution in [0.5, 0.6) is 5.75 Å². The number of rotatable bonds is 9. The number of carbonyl (C=O) groups is 3. The zero-order valence-electron chi connectivity index (χ0n) is 20.3. The minimum Gasteiger partial charge on any atom is -0.489 e. The van der Waals surface area contributed by atoms with E-state index in [0.29, 0.717) is 23.0 Å². The van der Waals surface area contributed by atoms with E-state index in [4.69, 9.17) is 22.2 Å². The number of anilines is 1. The van der Waals surface area contributed by atoms with Crippen molar-refractivity contribution in [1.29, 1.82) is 0 Å². The fourth-order valence-electron chi connectivity index (χ4n) is 4.40. The second-order valence-corrected chi connectivity index (χ2v) is 9.81. The average molecular weight is 509 g/mol. The van der Waals surface area contributed by atoms with E-state index in [-0.39, 0.29) is 18.6 Å². The van der Waals surface area contributed by atoms with Gasteiger partial charge in [0.25, 0.3) is 5.91 Å². The molecular formula is C23H33ClN6O5. The molecule has 1 aliphatic heterocycles. The molecule has 0 radical (unpaired) electrons. The van der Waals surface area contributed by atoms with Crippen molar-refractivity contribution in [3.63, 3.8) is 0 Å². The molecule has 2 fully saturated rings. The monoisotopic (exact) mass is 508 g/mol. The summed E-state index contributed by atoms with van der Waals surface area (Å²) in [4.78, 5) is 51.2. The number of nitroso groups, excluding NO2 is 1. The number of ether oxygens (including phenoxy) is 1. The zero-order valence-corrected chi connectivity index (χ0v) is 21.0. The molecule has 1 aromatic carbocycles. The molecule has 0 spiro atoms. The molecule has 11 nitrogen and oxygen atoms in total. The lowest BCUT2D eigenvalue weighted by Gasteiger charge is -2.47. The van der Waals surface area contributed by atoms with E-state index >= 15 is 0 Å². The van der Waals surface area contributed by atoms with Crippen molar-refractivity contribution in [2.45, 2.75) is 65.3 Å². The minimum absolute atomic E-state index is 0.0555. The van der Waals surface area contributed by atoms with Gasteiger partial charge >= 0.3 is 12.1 Å². The average Bonchev–Trinajstić information content (AvgIpc) is 2.83. The van der Waals surface area contributed by atoms with E-state index < -0.39 is 30.2 Å². The quantitative estimate of drug-likeness (QED) is 0.287. The molecule has 35 heavy (non-hydrogen) atoms. The molecule has 1 aliphatic carbocycles. The third kappa shape index (κ3) is 6.40. The Balaban J connectivity index is 1.87. The van der Waals surface area contributed by atoms with Crippen LogP contribution in [-0.2, 0) is 4.79 Å². The van der Waals surface area contributed by atoms with Crippen molar-refractivity contribution in [3.8, 4) is 5.75 Å². The summed E-state index contributed by atoms with van der Waals surface area (Å²) < 4.78 is 5.67. The summed E-state index contributed by atoms with van der Waals surface area (Å²) >= 11 is 6.37. The van der Waals surface area contributed by atoms with Gasteiger partial charge in [0.15, 0.2) is 6.29 Å². The molecule has 1 saturated carbocycles. The summed E-state index contributed by atoms with van der Waals surface area (Å²) in [5, 5.41) is 6.84. The van der Waals surface area contributed by atoms with Crippen LogP contribution in [0.3, 0.4) is 0 Å². The van der Waals surface area contributed by atoms with Crippen LogP contribution >= 0.6 is 11.6 Å². The number of amides is 5. The molecular weight excluding hydrogens is 476 g/mol. The molecule has 1 heterocycles. The molecule has 1 aromatic rings. The molecule has 3 rings (SSSR count). The molecule has 192 valence electrons. The number of nitrogens with one attached hydrogen (secondary N) is 1. The second-order valence-electron chi connectivity index (χ2n) is 9.40. The van der Waals surface area contributed by atoms with Gasteiger partial charge < -0.3 is 10.1 Å². The molecule has 5 amide bonds. The zero-order chi connectivity index (χ0) is 25.7. The van der Waals surface area contributed by atoms with Gasteiger partial charge in [-0.05, 0) is 50.8 Å². The van der Waals surface area contributed by atoms with Crippen LogP contribution in [-0.4, -0.2) is 58.3 Å². The summed E-state index contributed by atoms with van der Waals surface area (Å²) in [6, 6.07) is 3.70. The number of carbonyl (C=O) groups excluding carboxylic acids is 3. The summed E-state index contributed by atoms with van der Waals surface area (Å²) in [6.45, 7) is 5.30. The Morgan fingerprint density at radius 1 is 1.20 bits per heavy atom. The first-order chi connectivity index (χ1) is 16.6. The predicted molar refractivity (Wildman–Crippen MR) is 131 cm³/mol. The highest BCUT2D eigenvalue weighted by Gasteiger charge is 2.45. The standard InChI is InChI=1S/C23H33ClN6O5/c1-14(2)35-19-10-9-17(11-18(19)24)26-21-28(13-16-7-5-4-6-8-16)22(32)29(23(33)30(21)25)12-15(3)20(31)27-34/h9-11,14-16,21,26H,4-8,12-13,25H2,1-3H3/t15-,21?/m0/s1. The van der Waals surface area contributed by atoms with Gasteiger partial charge in [0.1, 0.15) is 5.75 Å². The van der Waals surface area contributed by atoms with Crippen molar-refractivity contribution >= 4 is 35.3 Å². The highest BCUT2D eigenvalue weighted by atomic mass is 35.5. The number of benzene rings is 1. The smallest absolute Gasteiger partial charge is 0.345 e. The van der Waals surface area contributed by atoms with E-state index in [1.54, 1.807) is 18.2 Å². The lowest BCUT2D eigenvalue weighted by atomic mass is 9.89. The summed E-state index contributed by atoms with van der Waals surface area (Å²) in [5.74, 6) is 5.08. The van der Waals surface area contributed by atoms with E-state index in [2.05, 4.69) is 10.5 Å². The number of hydrogen-bond acceptors (Lipinski definition) is 7. The Labute approximate surface area is 209 Å². The normalized spacial score (nSPS) is 20.3. The Kier molecular flexibility index (Phi) is 8.90. The van der Waals surface area contributed by atoms with Gasteiger partial charge in [0, 0.05) is 24.0 Å². The highest BCUT2D eigenvalue weighted by molar-refractivity contribution is 6.32. The Bertz CT molecular complexity index is 954. The number of nitrogens with zero attached hydrogens (tertiary/aromatic N) is 4. The van der Waals surface area contributed by atoms with Crippen molar-refractivity contribution in [2.24, 2.45) is 22.9 Å². The van der Waals surface area contributed by atoms with Gasteiger partial charge in [-0.2, -0.15) is 0 Å². The predicted octanol–water partition coefficient (Wildman–Crippen LogP) is 4.37. The maximum atomic E-state index is 13.5. The molecule has 2 atom stereocenters. The number of halogens is 1. The van der Waals surface area contributed by atoms with Crippen molar-refractivity contribution in [1.82, 2.24) is 14.8 Å². The van der Waals surface area contributed by atoms with E-state index in [1.807, 2.05) is 13.8 Å². The molecule has 1 saturated heterocycles. The maximum absolute atomic E-state index is 13.5. The summed E-state index contributed by atoms with van der Waals surface area (Å²) in [7, 11) is 0. The Morgan fingerprint density at radius 2 is 1.89 bits per heavy atom. The molecule has 12 heteroatoms. The van der Waals surface area contributed by atoms with Crippen molar-refractivity contribution in [3.05, 3.63) is 28.1 Å². The van der Waals surface area contributed by atoms with Crippen LogP contribution < -0.4 is 15.9 Å².